The molecule has 4 nitrogen and oxygen atoms in total. The fourth-order valence-corrected chi connectivity index (χ4v) is 1.55. The molecule has 0 fully saturated rings. The molecular formula is C12H21NO3. The Hall–Kier alpha value is -0.840. The third-order valence-corrected chi connectivity index (χ3v) is 2.48. The molecule has 4 heteroatoms. The highest BCUT2D eigenvalue weighted by Gasteiger charge is 2.08. The second-order valence-electron chi connectivity index (χ2n) is 3.77. The van der Waals surface area contributed by atoms with E-state index in [1.54, 1.807) is 7.11 Å². The van der Waals surface area contributed by atoms with Crippen molar-refractivity contribution in [3.05, 3.63) is 23.7 Å². The van der Waals surface area contributed by atoms with Crippen molar-refractivity contribution in [2.45, 2.75) is 32.4 Å². The van der Waals surface area contributed by atoms with Crippen LogP contribution in [0.15, 0.2) is 16.5 Å². The summed E-state index contributed by atoms with van der Waals surface area (Å²) in [7, 11) is 1.66. The second-order valence-corrected chi connectivity index (χ2v) is 3.77. The van der Waals surface area contributed by atoms with E-state index in [0.717, 1.165) is 17.9 Å². The maximum Gasteiger partial charge on any atom is 0.117 e. The van der Waals surface area contributed by atoms with E-state index in [0.29, 0.717) is 19.6 Å². The van der Waals surface area contributed by atoms with Crippen LogP contribution in [-0.4, -0.2) is 31.5 Å². The van der Waals surface area contributed by atoms with Gasteiger partial charge < -0.3 is 19.6 Å². The first-order chi connectivity index (χ1) is 7.80. The average molecular weight is 227 g/mol. The van der Waals surface area contributed by atoms with Crippen molar-refractivity contribution in [1.29, 1.82) is 0 Å². The van der Waals surface area contributed by atoms with E-state index in [2.05, 4.69) is 12.2 Å². The molecule has 16 heavy (non-hydrogen) atoms. The maximum atomic E-state index is 8.88. The summed E-state index contributed by atoms with van der Waals surface area (Å²) in [4.78, 5) is 0. The molecule has 0 bridgehead atoms. The predicted octanol–water partition coefficient (Wildman–Crippen LogP) is 1.33. The summed E-state index contributed by atoms with van der Waals surface area (Å²) in [5, 5.41) is 12.2. The molecule has 0 radical (unpaired) electrons. The van der Waals surface area contributed by atoms with Gasteiger partial charge in [-0.25, -0.2) is 0 Å². The molecule has 1 atom stereocenters. The third kappa shape index (κ3) is 4.35. The lowest BCUT2D eigenvalue weighted by Crippen LogP contribution is -2.33. The standard InChI is InChI=1S/C12H21NO3/c1-3-11-4-5-12(16-11)8-13-10(6-7-14)9-15-2/h4-5,10,13-14H,3,6-9H2,1-2H3. The van der Waals surface area contributed by atoms with E-state index >= 15 is 0 Å². The van der Waals surface area contributed by atoms with E-state index in [9.17, 15) is 0 Å². The molecule has 0 aliphatic rings. The zero-order chi connectivity index (χ0) is 11.8. The van der Waals surface area contributed by atoms with Gasteiger partial charge in [0.05, 0.1) is 13.2 Å². The number of hydrogen-bond donors (Lipinski definition) is 2. The van der Waals surface area contributed by atoms with E-state index in [4.69, 9.17) is 14.3 Å². The zero-order valence-corrected chi connectivity index (χ0v) is 10.0. The lowest BCUT2D eigenvalue weighted by atomic mass is 10.2. The number of nitrogens with one attached hydrogen (secondary N) is 1. The average Bonchev–Trinajstić information content (AvgIpc) is 2.74. The van der Waals surface area contributed by atoms with Gasteiger partial charge in [0.1, 0.15) is 11.5 Å². The molecule has 0 saturated carbocycles. The van der Waals surface area contributed by atoms with Crippen molar-refractivity contribution in [2.75, 3.05) is 20.3 Å². The smallest absolute Gasteiger partial charge is 0.117 e. The van der Waals surface area contributed by atoms with E-state index in [-0.39, 0.29) is 12.6 Å². The third-order valence-electron chi connectivity index (χ3n) is 2.48. The summed E-state index contributed by atoms with van der Waals surface area (Å²) >= 11 is 0. The van der Waals surface area contributed by atoms with Crippen molar-refractivity contribution in [3.8, 4) is 0 Å². The van der Waals surface area contributed by atoms with Crippen LogP contribution in [-0.2, 0) is 17.7 Å². The van der Waals surface area contributed by atoms with Crippen molar-refractivity contribution >= 4 is 0 Å². The molecule has 2 N–H and O–H groups in total. The first kappa shape index (κ1) is 13.2. The highest BCUT2D eigenvalue weighted by molar-refractivity contribution is 5.06. The van der Waals surface area contributed by atoms with E-state index in [1.807, 2.05) is 12.1 Å². The molecule has 1 rings (SSSR count). The maximum absolute atomic E-state index is 8.88. The molecule has 1 unspecified atom stereocenters. The largest absolute Gasteiger partial charge is 0.465 e. The molecule has 0 aliphatic carbocycles. The SMILES string of the molecule is CCc1ccc(CNC(CCO)COC)o1. The first-order valence-electron chi connectivity index (χ1n) is 5.71. The summed E-state index contributed by atoms with van der Waals surface area (Å²) in [5.74, 6) is 1.93. The molecule has 0 aliphatic heterocycles. The Morgan fingerprint density at radius 2 is 2.19 bits per heavy atom. The Morgan fingerprint density at radius 3 is 2.75 bits per heavy atom. The monoisotopic (exact) mass is 227 g/mol. The molecule has 0 amide bonds. The second kappa shape index (κ2) is 7.44. The Morgan fingerprint density at radius 1 is 1.44 bits per heavy atom. The van der Waals surface area contributed by atoms with Crippen molar-refractivity contribution in [1.82, 2.24) is 5.32 Å². The minimum Gasteiger partial charge on any atom is -0.465 e. The van der Waals surface area contributed by atoms with Crippen LogP contribution in [0.5, 0.6) is 0 Å². The summed E-state index contributed by atoms with van der Waals surface area (Å²) < 4.78 is 10.6. The van der Waals surface area contributed by atoms with Crippen LogP contribution >= 0.6 is 0 Å². The van der Waals surface area contributed by atoms with Gasteiger partial charge in [-0.3, -0.25) is 0 Å². The minimum absolute atomic E-state index is 0.166. The Labute approximate surface area is 96.6 Å². The zero-order valence-electron chi connectivity index (χ0n) is 10.0. The van der Waals surface area contributed by atoms with Crippen molar-refractivity contribution < 1.29 is 14.3 Å². The van der Waals surface area contributed by atoms with Gasteiger partial charge in [0.15, 0.2) is 0 Å². The molecule has 92 valence electrons. The highest BCUT2D eigenvalue weighted by atomic mass is 16.5. The van der Waals surface area contributed by atoms with E-state index in [1.165, 1.54) is 0 Å². The quantitative estimate of drug-likeness (QED) is 0.703. The molecule has 1 aromatic heterocycles. The van der Waals surface area contributed by atoms with Crippen molar-refractivity contribution in [3.63, 3.8) is 0 Å². The first-order valence-corrected chi connectivity index (χ1v) is 5.71. The number of methoxy groups -OCH3 is 1. The van der Waals surface area contributed by atoms with Gasteiger partial charge in [-0.1, -0.05) is 6.92 Å². The Kier molecular flexibility index (Phi) is 6.15. The summed E-state index contributed by atoms with van der Waals surface area (Å²) in [6.45, 7) is 3.50. The van der Waals surface area contributed by atoms with Gasteiger partial charge >= 0.3 is 0 Å². The van der Waals surface area contributed by atoms with Gasteiger partial charge in [0, 0.05) is 26.2 Å². The van der Waals surface area contributed by atoms with Crippen LogP contribution in [0.4, 0.5) is 0 Å². The van der Waals surface area contributed by atoms with Gasteiger partial charge in [0.25, 0.3) is 0 Å². The van der Waals surface area contributed by atoms with Gasteiger partial charge in [0.2, 0.25) is 0 Å². The number of furan rings is 1. The number of aryl methyl sites for hydroxylation is 1. The van der Waals surface area contributed by atoms with Crippen LogP contribution in [0.2, 0.25) is 0 Å². The molecule has 0 spiro atoms. The van der Waals surface area contributed by atoms with Crippen molar-refractivity contribution in [2.24, 2.45) is 0 Å². The highest BCUT2D eigenvalue weighted by Crippen LogP contribution is 2.08. The topological polar surface area (TPSA) is 54.6 Å². The minimum atomic E-state index is 0.166. The molecule has 1 aromatic rings. The number of hydrogen-bond acceptors (Lipinski definition) is 4. The van der Waals surface area contributed by atoms with Gasteiger partial charge in [-0.2, -0.15) is 0 Å². The molecular weight excluding hydrogens is 206 g/mol. The molecule has 0 saturated heterocycles. The number of aliphatic hydroxyl groups excluding tert-OH is 1. The fraction of sp³-hybridized carbons (Fsp3) is 0.667. The summed E-state index contributed by atoms with van der Waals surface area (Å²) in [6.07, 6.45) is 1.60. The predicted molar refractivity (Wildman–Crippen MR) is 62.3 cm³/mol. The van der Waals surface area contributed by atoms with Crippen LogP contribution in [0.25, 0.3) is 0 Å². The fourth-order valence-electron chi connectivity index (χ4n) is 1.55. The van der Waals surface area contributed by atoms with Crippen LogP contribution < -0.4 is 5.32 Å². The lowest BCUT2D eigenvalue weighted by molar-refractivity contribution is 0.146. The molecule has 1 heterocycles. The van der Waals surface area contributed by atoms with Crippen LogP contribution in [0.1, 0.15) is 24.9 Å². The number of rotatable bonds is 8. The summed E-state index contributed by atoms with van der Waals surface area (Å²) in [5.41, 5.74) is 0. The normalized spacial score (nSPS) is 12.9. The number of aliphatic hydroxyl groups is 1. The Balaban J connectivity index is 2.35. The Bertz CT molecular complexity index is 280. The lowest BCUT2D eigenvalue weighted by Gasteiger charge is -2.15. The van der Waals surface area contributed by atoms with Gasteiger partial charge in [-0.05, 0) is 18.6 Å². The van der Waals surface area contributed by atoms with Gasteiger partial charge in [-0.15, -0.1) is 0 Å². The summed E-state index contributed by atoms with van der Waals surface area (Å²) in [6, 6.07) is 4.15. The molecule has 0 aromatic carbocycles. The van der Waals surface area contributed by atoms with E-state index < -0.39 is 0 Å². The van der Waals surface area contributed by atoms with Crippen LogP contribution in [0.3, 0.4) is 0 Å². The number of ether oxygens (including phenoxy) is 1. The van der Waals surface area contributed by atoms with Crippen LogP contribution in [0, 0.1) is 0 Å².